The molecule has 0 aliphatic carbocycles. The third-order valence-electron chi connectivity index (χ3n) is 2.23. The fourth-order valence-electron chi connectivity index (χ4n) is 1.57. The van der Waals surface area contributed by atoms with Gasteiger partial charge in [0, 0.05) is 5.39 Å². The standard InChI is InChI=1S/C10H8O5S/c11-7-3-1-2-6-9(16(13,14)15)5-4-8(12)10(6)7/h1-5,11-12H,(H,13,14,15). The van der Waals surface area contributed by atoms with Crippen LogP contribution in [0.15, 0.2) is 35.2 Å². The van der Waals surface area contributed by atoms with E-state index in [1.807, 2.05) is 0 Å². The van der Waals surface area contributed by atoms with Gasteiger partial charge in [0.15, 0.2) is 0 Å². The van der Waals surface area contributed by atoms with E-state index in [4.69, 9.17) is 4.55 Å². The minimum atomic E-state index is -4.39. The van der Waals surface area contributed by atoms with E-state index in [-0.39, 0.29) is 27.2 Å². The molecule has 2 rings (SSSR count). The fraction of sp³-hybridized carbons (Fsp3) is 0. The number of phenols is 2. The van der Waals surface area contributed by atoms with Gasteiger partial charge in [0.1, 0.15) is 16.4 Å². The Hall–Kier alpha value is -1.79. The Kier molecular flexibility index (Phi) is 2.25. The van der Waals surface area contributed by atoms with Crippen molar-refractivity contribution in [3.63, 3.8) is 0 Å². The van der Waals surface area contributed by atoms with Crippen LogP contribution in [0.25, 0.3) is 10.8 Å². The second-order valence-electron chi connectivity index (χ2n) is 3.26. The van der Waals surface area contributed by atoms with Gasteiger partial charge in [-0.2, -0.15) is 8.42 Å². The number of aromatic hydroxyl groups is 2. The largest absolute Gasteiger partial charge is 0.507 e. The Morgan fingerprint density at radius 1 is 0.938 bits per heavy atom. The topological polar surface area (TPSA) is 94.8 Å². The molecule has 3 N–H and O–H groups in total. The summed E-state index contributed by atoms with van der Waals surface area (Å²) in [7, 11) is -4.39. The first-order valence-corrected chi connectivity index (χ1v) is 5.76. The van der Waals surface area contributed by atoms with Crippen molar-refractivity contribution >= 4 is 20.9 Å². The Labute approximate surface area is 91.3 Å². The van der Waals surface area contributed by atoms with Crippen molar-refractivity contribution in [3.05, 3.63) is 30.3 Å². The highest BCUT2D eigenvalue weighted by atomic mass is 32.2. The third-order valence-corrected chi connectivity index (χ3v) is 3.15. The molecule has 16 heavy (non-hydrogen) atoms. The molecule has 0 heterocycles. The molecule has 0 saturated carbocycles. The van der Waals surface area contributed by atoms with Crippen LogP contribution in [-0.2, 0) is 10.1 Å². The number of benzene rings is 2. The summed E-state index contributed by atoms with van der Waals surface area (Å²) in [5.41, 5.74) is 0. The Morgan fingerprint density at radius 3 is 2.19 bits per heavy atom. The molecule has 0 fully saturated rings. The van der Waals surface area contributed by atoms with Gasteiger partial charge >= 0.3 is 0 Å². The Morgan fingerprint density at radius 2 is 1.56 bits per heavy atom. The molecule has 6 heteroatoms. The molecule has 0 atom stereocenters. The maximum absolute atomic E-state index is 11.1. The van der Waals surface area contributed by atoms with Crippen LogP contribution in [0, 0.1) is 0 Å². The summed E-state index contributed by atoms with van der Waals surface area (Å²) in [5.74, 6) is -0.499. The number of hydrogen-bond donors (Lipinski definition) is 3. The van der Waals surface area contributed by atoms with E-state index in [0.717, 1.165) is 12.1 Å². The average Bonchev–Trinajstić information content (AvgIpc) is 2.16. The maximum Gasteiger partial charge on any atom is 0.295 e. The van der Waals surface area contributed by atoms with Gasteiger partial charge in [-0.3, -0.25) is 4.55 Å². The van der Waals surface area contributed by atoms with Gasteiger partial charge in [-0.1, -0.05) is 12.1 Å². The molecule has 0 saturated heterocycles. The summed E-state index contributed by atoms with van der Waals surface area (Å²) in [6.45, 7) is 0. The van der Waals surface area contributed by atoms with Gasteiger partial charge in [0.05, 0.1) is 5.39 Å². The van der Waals surface area contributed by atoms with E-state index < -0.39 is 10.1 Å². The normalized spacial score (nSPS) is 11.8. The fourth-order valence-corrected chi connectivity index (χ4v) is 2.26. The summed E-state index contributed by atoms with van der Waals surface area (Å²) < 4.78 is 31.1. The molecule has 0 radical (unpaired) electrons. The van der Waals surface area contributed by atoms with Crippen molar-refractivity contribution in [1.29, 1.82) is 0 Å². The molecule has 0 aliphatic rings. The molecule has 0 aliphatic heterocycles. The van der Waals surface area contributed by atoms with Crippen LogP contribution in [-0.4, -0.2) is 23.2 Å². The second-order valence-corrected chi connectivity index (χ2v) is 4.65. The van der Waals surface area contributed by atoms with Crippen molar-refractivity contribution in [2.75, 3.05) is 0 Å². The van der Waals surface area contributed by atoms with Gasteiger partial charge in [-0.05, 0) is 18.2 Å². The quantitative estimate of drug-likeness (QED) is 0.656. The number of rotatable bonds is 1. The van der Waals surface area contributed by atoms with Crippen LogP contribution < -0.4 is 0 Å². The van der Waals surface area contributed by atoms with Crippen molar-refractivity contribution in [1.82, 2.24) is 0 Å². The molecule has 84 valence electrons. The summed E-state index contributed by atoms with van der Waals surface area (Å²) in [4.78, 5) is -0.351. The van der Waals surface area contributed by atoms with Crippen LogP contribution in [0.1, 0.15) is 0 Å². The summed E-state index contributed by atoms with van der Waals surface area (Å²) in [5, 5.41) is 19.1. The van der Waals surface area contributed by atoms with E-state index in [9.17, 15) is 18.6 Å². The van der Waals surface area contributed by atoms with E-state index in [1.54, 1.807) is 0 Å². The monoisotopic (exact) mass is 240 g/mol. The highest BCUT2D eigenvalue weighted by Crippen LogP contribution is 2.35. The summed E-state index contributed by atoms with van der Waals surface area (Å²) in [6.07, 6.45) is 0. The third kappa shape index (κ3) is 1.58. The SMILES string of the molecule is O=S(=O)(O)c1ccc(O)c2c(O)cccc12. The van der Waals surface area contributed by atoms with Gasteiger partial charge in [0.2, 0.25) is 0 Å². The number of phenolic OH excluding ortho intramolecular Hbond substituents is 2. The minimum Gasteiger partial charge on any atom is -0.507 e. The molecule has 0 bridgehead atoms. The zero-order valence-electron chi connectivity index (χ0n) is 7.95. The van der Waals surface area contributed by atoms with Crippen molar-refractivity contribution in [2.24, 2.45) is 0 Å². The van der Waals surface area contributed by atoms with Gasteiger partial charge in [-0.25, -0.2) is 0 Å². The first kappa shape index (κ1) is 10.7. The van der Waals surface area contributed by atoms with Gasteiger partial charge < -0.3 is 10.2 Å². The van der Waals surface area contributed by atoms with Crippen LogP contribution in [0.3, 0.4) is 0 Å². The van der Waals surface area contributed by atoms with Crippen LogP contribution in [0.4, 0.5) is 0 Å². The van der Waals surface area contributed by atoms with Crippen molar-refractivity contribution < 1.29 is 23.2 Å². The highest BCUT2D eigenvalue weighted by Gasteiger charge is 2.17. The van der Waals surface area contributed by atoms with E-state index in [1.165, 1.54) is 18.2 Å². The smallest absolute Gasteiger partial charge is 0.295 e. The predicted molar refractivity (Wildman–Crippen MR) is 57.1 cm³/mol. The van der Waals surface area contributed by atoms with Crippen LogP contribution in [0.2, 0.25) is 0 Å². The molecule has 5 nitrogen and oxygen atoms in total. The summed E-state index contributed by atoms with van der Waals surface area (Å²) in [6, 6.07) is 6.30. The average molecular weight is 240 g/mol. The van der Waals surface area contributed by atoms with Gasteiger partial charge in [0.25, 0.3) is 10.1 Å². The van der Waals surface area contributed by atoms with E-state index >= 15 is 0 Å². The van der Waals surface area contributed by atoms with E-state index in [2.05, 4.69) is 0 Å². The zero-order valence-corrected chi connectivity index (χ0v) is 8.77. The maximum atomic E-state index is 11.1. The van der Waals surface area contributed by atoms with Crippen molar-refractivity contribution in [2.45, 2.75) is 4.90 Å². The lowest BCUT2D eigenvalue weighted by atomic mass is 10.1. The highest BCUT2D eigenvalue weighted by molar-refractivity contribution is 7.86. The molecule has 2 aromatic carbocycles. The molecule has 2 aromatic rings. The molecule has 0 spiro atoms. The minimum absolute atomic E-state index is 0.00220. The lowest BCUT2D eigenvalue weighted by Crippen LogP contribution is -1.98. The predicted octanol–water partition coefficient (Wildman–Crippen LogP) is 1.50. The molecule has 0 amide bonds. The lowest BCUT2D eigenvalue weighted by molar-refractivity contribution is 0.463. The second kappa shape index (κ2) is 3.36. The van der Waals surface area contributed by atoms with Gasteiger partial charge in [-0.15, -0.1) is 0 Å². The lowest BCUT2D eigenvalue weighted by Gasteiger charge is -2.06. The first-order chi connectivity index (χ1) is 7.41. The Balaban J connectivity index is 3.02. The molecular weight excluding hydrogens is 232 g/mol. The van der Waals surface area contributed by atoms with E-state index in [0.29, 0.717) is 0 Å². The van der Waals surface area contributed by atoms with Crippen LogP contribution >= 0.6 is 0 Å². The molecule has 0 aromatic heterocycles. The molecule has 0 unspecified atom stereocenters. The number of fused-ring (bicyclic) bond motifs is 1. The van der Waals surface area contributed by atoms with Crippen molar-refractivity contribution in [3.8, 4) is 11.5 Å². The molecular formula is C10H8O5S. The zero-order chi connectivity index (χ0) is 11.9. The number of hydrogen-bond acceptors (Lipinski definition) is 4. The first-order valence-electron chi connectivity index (χ1n) is 4.32. The van der Waals surface area contributed by atoms with Crippen LogP contribution in [0.5, 0.6) is 11.5 Å². The summed E-state index contributed by atoms with van der Waals surface area (Å²) >= 11 is 0. The Bertz CT molecular complexity index is 652.